The minimum absolute atomic E-state index is 0.122. The van der Waals surface area contributed by atoms with Gasteiger partial charge >= 0.3 is 0 Å². The van der Waals surface area contributed by atoms with Crippen molar-refractivity contribution in [3.8, 4) is 0 Å². The van der Waals surface area contributed by atoms with Crippen LogP contribution in [0.5, 0.6) is 0 Å². The molecule has 0 radical (unpaired) electrons. The Hall–Kier alpha value is -1.68. The van der Waals surface area contributed by atoms with Crippen molar-refractivity contribution in [2.75, 3.05) is 7.05 Å². The molecule has 2 N–H and O–H groups in total. The Morgan fingerprint density at radius 1 is 1.56 bits per heavy atom. The number of nitrogens with zero attached hydrogens (tertiary/aromatic N) is 1. The molecule has 0 bridgehead atoms. The zero-order valence-corrected chi connectivity index (χ0v) is 9.45. The Bertz CT molecular complexity index is 504. The molecule has 1 atom stereocenters. The number of carbonyl (C=O) groups is 1. The number of nitrogens with one attached hydrogen (secondary N) is 2. The van der Waals surface area contributed by atoms with Gasteiger partial charge in [0.2, 0.25) is 0 Å². The fourth-order valence-electron chi connectivity index (χ4n) is 1.90. The number of aldehydes is 1. The quantitative estimate of drug-likeness (QED) is 0.757. The van der Waals surface area contributed by atoms with Crippen molar-refractivity contribution in [3.63, 3.8) is 0 Å². The number of fused-ring (bicyclic) bond motifs is 1. The number of aryl methyl sites for hydroxylation is 1. The normalized spacial score (nSPS) is 12.9. The molecular formula is C12H15N3O. The second-order valence-corrected chi connectivity index (χ2v) is 3.98. The van der Waals surface area contributed by atoms with Gasteiger partial charge < -0.3 is 10.1 Å². The minimum atomic E-state index is -0.122. The van der Waals surface area contributed by atoms with Gasteiger partial charge in [-0.1, -0.05) is 6.07 Å². The molecule has 1 aromatic heterocycles. The summed E-state index contributed by atoms with van der Waals surface area (Å²) in [5, 5.41) is 11.0. The Morgan fingerprint density at radius 2 is 2.38 bits per heavy atom. The number of rotatable bonds is 4. The van der Waals surface area contributed by atoms with Crippen molar-refractivity contribution in [2.24, 2.45) is 0 Å². The van der Waals surface area contributed by atoms with Gasteiger partial charge in [0.05, 0.1) is 17.8 Å². The molecule has 1 unspecified atom stereocenters. The largest absolute Gasteiger partial charge is 0.311 e. The zero-order chi connectivity index (χ0) is 11.5. The van der Waals surface area contributed by atoms with Gasteiger partial charge in [-0.25, -0.2) is 0 Å². The highest BCUT2D eigenvalue weighted by atomic mass is 16.1. The van der Waals surface area contributed by atoms with E-state index in [1.807, 2.05) is 6.92 Å². The monoisotopic (exact) mass is 217 g/mol. The molecule has 4 heteroatoms. The van der Waals surface area contributed by atoms with Crippen LogP contribution in [0.25, 0.3) is 10.9 Å². The van der Waals surface area contributed by atoms with Crippen LogP contribution < -0.4 is 5.32 Å². The van der Waals surface area contributed by atoms with Crippen LogP contribution in [0.3, 0.4) is 0 Å². The number of aromatic amines is 1. The first-order chi connectivity index (χ1) is 7.74. The van der Waals surface area contributed by atoms with Gasteiger partial charge in [0.15, 0.2) is 0 Å². The molecule has 2 aromatic rings. The second kappa shape index (κ2) is 4.45. The molecule has 1 aromatic carbocycles. The summed E-state index contributed by atoms with van der Waals surface area (Å²) in [7, 11) is 1.79. The molecule has 0 spiro atoms. The number of benzene rings is 1. The smallest absolute Gasteiger partial charge is 0.137 e. The molecule has 84 valence electrons. The average molecular weight is 217 g/mol. The number of H-pyrrole nitrogens is 1. The summed E-state index contributed by atoms with van der Waals surface area (Å²) in [5.74, 6) is 0. The van der Waals surface area contributed by atoms with E-state index < -0.39 is 0 Å². The van der Waals surface area contributed by atoms with E-state index in [1.54, 1.807) is 13.2 Å². The molecule has 1 heterocycles. The number of carbonyl (C=O) groups excluding carboxylic acids is 1. The number of hydrogen-bond donors (Lipinski definition) is 2. The summed E-state index contributed by atoms with van der Waals surface area (Å²) >= 11 is 0. The van der Waals surface area contributed by atoms with Crippen molar-refractivity contribution in [2.45, 2.75) is 19.4 Å². The molecule has 4 nitrogen and oxygen atoms in total. The zero-order valence-electron chi connectivity index (χ0n) is 9.45. The Kier molecular flexibility index (Phi) is 3.01. The van der Waals surface area contributed by atoms with Crippen molar-refractivity contribution in [3.05, 3.63) is 29.5 Å². The lowest BCUT2D eigenvalue weighted by Gasteiger charge is -2.09. The molecule has 0 aliphatic carbocycles. The highest BCUT2D eigenvalue weighted by Crippen LogP contribution is 2.18. The maximum absolute atomic E-state index is 10.8. The topological polar surface area (TPSA) is 57.8 Å². The van der Waals surface area contributed by atoms with E-state index >= 15 is 0 Å². The van der Waals surface area contributed by atoms with Gasteiger partial charge in [0.25, 0.3) is 0 Å². The van der Waals surface area contributed by atoms with Gasteiger partial charge in [-0.3, -0.25) is 5.10 Å². The standard InChI is InChI=1S/C12H15N3O/c1-8-3-9(5-11(7-16)13-2)4-10-6-14-15-12(8)10/h3-4,6-7,11,13H,5H2,1-2H3,(H,14,15). The molecular weight excluding hydrogens is 202 g/mol. The lowest BCUT2D eigenvalue weighted by Crippen LogP contribution is -2.28. The third-order valence-electron chi connectivity index (χ3n) is 2.80. The van der Waals surface area contributed by atoms with Crippen molar-refractivity contribution in [1.82, 2.24) is 15.5 Å². The highest BCUT2D eigenvalue weighted by molar-refractivity contribution is 5.82. The van der Waals surface area contributed by atoms with Crippen molar-refractivity contribution >= 4 is 17.2 Å². The molecule has 16 heavy (non-hydrogen) atoms. The van der Waals surface area contributed by atoms with Crippen LogP contribution in [-0.2, 0) is 11.2 Å². The lowest BCUT2D eigenvalue weighted by atomic mass is 10.0. The van der Waals surface area contributed by atoms with Crippen molar-refractivity contribution < 1.29 is 4.79 Å². The predicted molar refractivity (Wildman–Crippen MR) is 63.4 cm³/mol. The molecule has 0 saturated heterocycles. The van der Waals surface area contributed by atoms with Crippen LogP contribution in [-0.4, -0.2) is 29.6 Å². The third kappa shape index (κ3) is 1.97. The van der Waals surface area contributed by atoms with E-state index in [9.17, 15) is 4.79 Å². The highest BCUT2D eigenvalue weighted by Gasteiger charge is 2.08. The van der Waals surface area contributed by atoms with Crippen LogP contribution in [0.1, 0.15) is 11.1 Å². The summed E-state index contributed by atoms with van der Waals surface area (Å²) in [6.45, 7) is 2.04. The lowest BCUT2D eigenvalue weighted by molar-refractivity contribution is -0.109. The van der Waals surface area contributed by atoms with E-state index in [2.05, 4.69) is 27.6 Å². The summed E-state index contributed by atoms with van der Waals surface area (Å²) < 4.78 is 0. The van der Waals surface area contributed by atoms with Gasteiger partial charge in [-0.05, 0) is 37.6 Å². The van der Waals surface area contributed by atoms with E-state index in [0.717, 1.165) is 28.3 Å². The fourth-order valence-corrected chi connectivity index (χ4v) is 1.90. The summed E-state index contributed by atoms with van der Waals surface area (Å²) in [5.41, 5.74) is 3.37. The fraction of sp³-hybridized carbons (Fsp3) is 0.333. The maximum Gasteiger partial charge on any atom is 0.137 e. The molecule has 0 fully saturated rings. The Labute approximate surface area is 94.0 Å². The van der Waals surface area contributed by atoms with E-state index in [4.69, 9.17) is 0 Å². The minimum Gasteiger partial charge on any atom is -0.311 e. The van der Waals surface area contributed by atoms with E-state index in [1.165, 1.54) is 0 Å². The third-order valence-corrected chi connectivity index (χ3v) is 2.80. The number of likely N-dealkylation sites (N-methyl/N-ethyl adjacent to an activating group) is 1. The van der Waals surface area contributed by atoms with Crippen LogP contribution in [0.15, 0.2) is 18.3 Å². The van der Waals surface area contributed by atoms with Gasteiger partial charge in [-0.2, -0.15) is 5.10 Å². The SMILES string of the molecule is CNC(C=O)Cc1cc(C)c2[nH]ncc2c1. The van der Waals surface area contributed by atoms with Gasteiger partial charge in [0, 0.05) is 5.39 Å². The van der Waals surface area contributed by atoms with Gasteiger partial charge in [0.1, 0.15) is 6.29 Å². The van der Waals surface area contributed by atoms with Crippen LogP contribution >= 0.6 is 0 Å². The van der Waals surface area contributed by atoms with Crippen molar-refractivity contribution in [1.29, 1.82) is 0 Å². The molecule has 0 amide bonds. The van der Waals surface area contributed by atoms with Crippen LogP contribution in [0.4, 0.5) is 0 Å². The predicted octanol–water partition coefficient (Wildman–Crippen LogP) is 1.20. The summed E-state index contributed by atoms with van der Waals surface area (Å²) in [6, 6.07) is 4.04. The maximum atomic E-state index is 10.8. The first kappa shape index (κ1) is 10.8. The molecule has 2 rings (SSSR count). The van der Waals surface area contributed by atoms with E-state index in [-0.39, 0.29) is 6.04 Å². The molecule has 0 aliphatic rings. The second-order valence-electron chi connectivity index (χ2n) is 3.98. The summed E-state index contributed by atoms with van der Waals surface area (Å²) in [6.07, 6.45) is 3.46. The van der Waals surface area contributed by atoms with Gasteiger partial charge in [-0.15, -0.1) is 0 Å². The van der Waals surface area contributed by atoms with E-state index in [0.29, 0.717) is 6.42 Å². The Balaban J connectivity index is 2.34. The van der Waals surface area contributed by atoms with Crippen LogP contribution in [0, 0.1) is 6.92 Å². The molecule has 0 aliphatic heterocycles. The van der Waals surface area contributed by atoms with Crippen LogP contribution in [0.2, 0.25) is 0 Å². The average Bonchev–Trinajstić information content (AvgIpc) is 2.74. The molecule has 0 saturated carbocycles. The number of aromatic nitrogens is 2. The number of hydrogen-bond acceptors (Lipinski definition) is 3. The Morgan fingerprint density at radius 3 is 3.06 bits per heavy atom. The summed E-state index contributed by atoms with van der Waals surface area (Å²) in [4.78, 5) is 10.8. The first-order valence-corrected chi connectivity index (χ1v) is 5.29. The first-order valence-electron chi connectivity index (χ1n) is 5.29.